The second kappa shape index (κ2) is 8.73. The van der Waals surface area contributed by atoms with Crippen LogP contribution >= 0.6 is 0 Å². The largest absolute Gasteiger partial charge is 0.493 e. The zero-order valence-electron chi connectivity index (χ0n) is 14.5. The second-order valence-corrected chi connectivity index (χ2v) is 5.49. The van der Waals surface area contributed by atoms with Crippen LogP contribution in [0.1, 0.15) is 24.9 Å². The van der Waals surface area contributed by atoms with Gasteiger partial charge in [-0.2, -0.15) is 0 Å². The first-order valence-corrected chi connectivity index (χ1v) is 7.87. The SMILES string of the molecule is COc1ccc(NC(=O)CC(NC(C)=O)c2ccccc2)cc1OC. The first-order chi connectivity index (χ1) is 12.0. The van der Waals surface area contributed by atoms with Gasteiger partial charge < -0.3 is 20.1 Å². The molecule has 0 aromatic heterocycles. The van der Waals surface area contributed by atoms with Crippen molar-refractivity contribution in [1.29, 1.82) is 0 Å². The second-order valence-electron chi connectivity index (χ2n) is 5.49. The highest BCUT2D eigenvalue weighted by Crippen LogP contribution is 2.30. The summed E-state index contributed by atoms with van der Waals surface area (Å²) < 4.78 is 10.4. The molecule has 25 heavy (non-hydrogen) atoms. The Balaban J connectivity index is 2.09. The van der Waals surface area contributed by atoms with Crippen molar-refractivity contribution in [3.8, 4) is 11.5 Å². The van der Waals surface area contributed by atoms with Gasteiger partial charge in [0.1, 0.15) is 0 Å². The van der Waals surface area contributed by atoms with E-state index in [0.717, 1.165) is 5.56 Å². The van der Waals surface area contributed by atoms with Crippen molar-refractivity contribution in [3.05, 3.63) is 54.1 Å². The van der Waals surface area contributed by atoms with Crippen LogP contribution in [0, 0.1) is 0 Å². The lowest BCUT2D eigenvalue weighted by molar-refractivity contribution is -0.120. The molecule has 2 rings (SSSR count). The van der Waals surface area contributed by atoms with Crippen molar-refractivity contribution in [1.82, 2.24) is 5.32 Å². The number of ether oxygens (including phenoxy) is 2. The molecule has 0 aliphatic rings. The van der Waals surface area contributed by atoms with E-state index in [1.54, 1.807) is 25.3 Å². The van der Waals surface area contributed by atoms with E-state index >= 15 is 0 Å². The molecule has 0 saturated heterocycles. The molecule has 0 heterocycles. The maximum Gasteiger partial charge on any atom is 0.226 e. The van der Waals surface area contributed by atoms with Crippen LogP contribution in [0.2, 0.25) is 0 Å². The first-order valence-electron chi connectivity index (χ1n) is 7.87. The molecule has 0 spiro atoms. The molecule has 1 atom stereocenters. The van der Waals surface area contributed by atoms with Gasteiger partial charge in [-0.25, -0.2) is 0 Å². The third kappa shape index (κ3) is 5.24. The van der Waals surface area contributed by atoms with Crippen molar-refractivity contribution in [3.63, 3.8) is 0 Å². The average molecular weight is 342 g/mol. The van der Waals surface area contributed by atoms with Crippen LogP contribution in [0.5, 0.6) is 11.5 Å². The smallest absolute Gasteiger partial charge is 0.226 e. The van der Waals surface area contributed by atoms with Crippen LogP contribution in [0.4, 0.5) is 5.69 Å². The number of nitrogens with one attached hydrogen (secondary N) is 2. The van der Waals surface area contributed by atoms with Gasteiger partial charge in [0.25, 0.3) is 0 Å². The molecular weight excluding hydrogens is 320 g/mol. The zero-order chi connectivity index (χ0) is 18.2. The van der Waals surface area contributed by atoms with Gasteiger partial charge in [0.2, 0.25) is 11.8 Å². The summed E-state index contributed by atoms with van der Waals surface area (Å²) in [6.07, 6.45) is 0.123. The highest BCUT2D eigenvalue weighted by atomic mass is 16.5. The molecule has 0 radical (unpaired) electrons. The number of methoxy groups -OCH3 is 2. The Morgan fingerprint density at radius 2 is 1.68 bits per heavy atom. The molecule has 2 aromatic rings. The van der Waals surface area contributed by atoms with Crippen molar-refractivity contribution in [2.75, 3.05) is 19.5 Å². The van der Waals surface area contributed by atoms with Crippen LogP contribution in [0.15, 0.2) is 48.5 Å². The number of rotatable bonds is 7. The summed E-state index contributed by atoms with van der Waals surface area (Å²) in [5.74, 6) is 0.713. The number of hydrogen-bond donors (Lipinski definition) is 2. The molecule has 2 N–H and O–H groups in total. The van der Waals surface area contributed by atoms with E-state index in [1.807, 2.05) is 30.3 Å². The molecule has 6 nitrogen and oxygen atoms in total. The van der Waals surface area contributed by atoms with Gasteiger partial charge in [-0.1, -0.05) is 30.3 Å². The van der Waals surface area contributed by atoms with Gasteiger partial charge in [0.05, 0.1) is 26.7 Å². The molecule has 6 heteroatoms. The fourth-order valence-electron chi connectivity index (χ4n) is 2.49. The van der Waals surface area contributed by atoms with Gasteiger partial charge >= 0.3 is 0 Å². The van der Waals surface area contributed by atoms with E-state index in [2.05, 4.69) is 10.6 Å². The van der Waals surface area contributed by atoms with Crippen molar-refractivity contribution in [2.24, 2.45) is 0 Å². The van der Waals surface area contributed by atoms with Crippen molar-refractivity contribution < 1.29 is 19.1 Å². The number of hydrogen-bond acceptors (Lipinski definition) is 4. The summed E-state index contributed by atoms with van der Waals surface area (Å²) in [6, 6.07) is 14.1. The summed E-state index contributed by atoms with van der Waals surface area (Å²) in [5.41, 5.74) is 1.47. The zero-order valence-corrected chi connectivity index (χ0v) is 14.5. The summed E-state index contributed by atoms with van der Waals surface area (Å²) >= 11 is 0. The molecule has 0 bridgehead atoms. The maximum absolute atomic E-state index is 12.4. The Kier molecular flexibility index (Phi) is 6.39. The van der Waals surface area contributed by atoms with E-state index < -0.39 is 0 Å². The highest BCUT2D eigenvalue weighted by molar-refractivity contribution is 5.92. The minimum absolute atomic E-state index is 0.123. The lowest BCUT2D eigenvalue weighted by Crippen LogP contribution is -2.29. The Morgan fingerprint density at radius 1 is 1.00 bits per heavy atom. The molecule has 2 amide bonds. The number of carbonyl (C=O) groups is 2. The highest BCUT2D eigenvalue weighted by Gasteiger charge is 2.17. The van der Waals surface area contributed by atoms with E-state index in [9.17, 15) is 9.59 Å². The van der Waals surface area contributed by atoms with E-state index in [-0.39, 0.29) is 24.3 Å². The minimum Gasteiger partial charge on any atom is -0.493 e. The Hall–Kier alpha value is -3.02. The van der Waals surface area contributed by atoms with Crippen LogP contribution in [-0.2, 0) is 9.59 Å². The van der Waals surface area contributed by atoms with Crippen molar-refractivity contribution >= 4 is 17.5 Å². The molecule has 1 unspecified atom stereocenters. The number of benzene rings is 2. The predicted molar refractivity (Wildman–Crippen MR) is 95.8 cm³/mol. The molecule has 0 aliphatic carbocycles. The third-order valence-electron chi connectivity index (χ3n) is 3.64. The molecular formula is C19H22N2O4. The Labute approximate surface area is 147 Å². The quantitative estimate of drug-likeness (QED) is 0.811. The molecule has 0 saturated carbocycles. The predicted octanol–water partition coefficient (Wildman–Crippen LogP) is 2.91. The molecule has 2 aromatic carbocycles. The normalized spacial score (nSPS) is 11.3. The third-order valence-corrected chi connectivity index (χ3v) is 3.64. The van der Waals surface area contributed by atoms with E-state index in [0.29, 0.717) is 17.2 Å². The van der Waals surface area contributed by atoms with Crippen molar-refractivity contribution in [2.45, 2.75) is 19.4 Å². The Morgan fingerprint density at radius 3 is 2.28 bits per heavy atom. The molecule has 0 aliphatic heterocycles. The van der Waals surface area contributed by atoms with E-state index in [4.69, 9.17) is 9.47 Å². The Bertz CT molecular complexity index is 731. The summed E-state index contributed by atoms with van der Waals surface area (Å²) in [4.78, 5) is 23.8. The summed E-state index contributed by atoms with van der Waals surface area (Å²) in [6.45, 7) is 1.43. The van der Waals surface area contributed by atoms with Gasteiger partial charge in [0, 0.05) is 18.7 Å². The maximum atomic E-state index is 12.4. The summed E-state index contributed by atoms with van der Waals surface area (Å²) in [7, 11) is 3.08. The number of anilines is 1. The minimum atomic E-state index is -0.390. The lowest BCUT2D eigenvalue weighted by atomic mass is 10.0. The van der Waals surface area contributed by atoms with Crippen LogP contribution in [0.3, 0.4) is 0 Å². The average Bonchev–Trinajstić information content (AvgIpc) is 2.61. The lowest BCUT2D eigenvalue weighted by Gasteiger charge is -2.18. The van der Waals surface area contributed by atoms with Crippen LogP contribution in [0.25, 0.3) is 0 Å². The van der Waals surface area contributed by atoms with Gasteiger partial charge in [-0.15, -0.1) is 0 Å². The standard InChI is InChI=1S/C19H22N2O4/c1-13(22)20-16(14-7-5-4-6-8-14)12-19(23)21-15-9-10-17(24-2)18(11-15)25-3/h4-11,16H,12H2,1-3H3,(H,20,22)(H,21,23). The van der Waals surface area contributed by atoms with Gasteiger partial charge in [0.15, 0.2) is 11.5 Å². The van der Waals surface area contributed by atoms with Crippen LogP contribution < -0.4 is 20.1 Å². The van der Waals surface area contributed by atoms with Crippen LogP contribution in [-0.4, -0.2) is 26.0 Å². The fraction of sp³-hybridized carbons (Fsp3) is 0.263. The topological polar surface area (TPSA) is 76.7 Å². The number of carbonyl (C=O) groups excluding carboxylic acids is 2. The molecule has 0 fully saturated rings. The molecule has 132 valence electrons. The monoisotopic (exact) mass is 342 g/mol. The summed E-state index contributed by atoms with van der Waals surface area (Å²) in [5, 5.41) is 5.62. The van der Waals surface area contributed by atoms with E-state index in [1.165, 1.54) is 14.0 Å². The van der Waals surface area contributed by atoms with Gasteiger partial charge in [-0.05, 0) is 17.7 Å². The van der Waals surface area contributed by atoms with Gasteiger partial charge in [-0.3, -0.25) is 9.59 Å². The first kappa shape index (κ1) is 18.3. The fourth-order valence-corrected chi connectivity index (χ4v) is 2.49. The number of amides is 2.